The maximum absolute atomic E-state index is 13.3. The number of rotatable bonds is 7. The number of amides is 1. The van der Waals surface area contributed by atoms with Crippen molar-refractivity contribution >= 4 is 33.8 Å². The minimum Gasteiger partial charge on any atom is -0.310 e. The van der Waals surface area contributed by atoms with Crippen molar-refractivity contribution in [3.05, 3.63) is 129 Å². The molecule has 3 heterocycles. The van der Waals surface area contributed by atoms with Gasteiger partial charge in [-0.1, -0.05) is 78.9 Å². The quantitative estimate of drug-likeness (QED) is 0.268. The number of carbonyl (C=O) groups is 1. The molecular weight excluding hydrogens is 506 g/mol. The van der Waals surface area contributed by atoms with Gasteiger partial charge in [-0.2, -0.15) is 9.78 Å². The first-order valence-electron chi connectivity index (χ1n) is 12.6. The maximum Gasteiger partial charge on any atom is 0.256 e. The van der Waals surface area contributed by atoms with E-state index in [0.29, 0.717) is 29.2 Å². The fourth-order valence-corrected chi connectivity index (χ4v) is 5.37. The maximum atomic E-state index is 13.3. The van der Waals surface area contributed by atoms with Crippen molar-refractivity contribution in [3.63, 3.8) is 0 Å². The molecule has 0 aliphatic rings. The Morgan fingerprint density at radius 3 is 2.56 bits per heavy atom. The third-order valence-electron chi connectivity index (χ3n) is 6.62. The fraction of sp³-hybridized carbons (Fsp3) is 0.0968. The molecule has 0 spiro atoms. The molecule has 192 valence electrons. The summed E-state index contributed by atoms with van der Waals surface area (Å²) in [4.78, 5) is 34.9. The number of hydrogen-bond acceptors (Lipinski definition) is 5. The lowest BCUT2D eigenvalue weighted by Gasteiger charge is -2.11. The topological polar surface area (TPSA) is 92.7 Å². The Morgan fingerprint density at radius 2 is 1.77 bits per heavy atom. The van der Waals surface area contributed by atoms with E-state index < -0.39 is 0 Å². The summed E-state index contributed by atoms with van der Waals surface area (Å²) < 4.78 is 1.50. The van der Waals surface area contributed by atoms with Gasteiger partial charge in [0.15, 0.2) is 0 Å². The van der Waals surface area contributed by atoms with Gasteiger partial charge in [0.1, 0.15) is 11.5 Å². The van der Waals surface area contributed by atoms with Gasteiger partial charge in [-0.15, -0.1) is 11.3 Å². The third kappa shape index (κ3) is 5.15. The Balaban J connectivity index is 1.34. The van der Waals surface area contributed by atoms with Crippen molar-refractivity contribution < 1.29 is 4.79 Å². The van der Waals surface area contributed by atoms with E-state index in [9.17, 15) is 9.59 Å². The van der Waals surface area contributed by atoms with Crippen LogP contribution in [0.5, 0.6) is 0 Å². The first-order valence-corrected chi connectivity index (χ1v) is 13.5. The van der Waals surface area contributed by atoms with Gasteiger partial charge in [0.2, 0.25) is 11.9 Å². The molecule has 3 aromatic heterocycles. The highest BCUT2D eigenvalue weighted by molar-refractivity contribution is 7.13. The van der Waals surface area contributed by atoms with Crippen molar-refractivity contribution in [2.24, 2.45) is 0 Å². The van der Waals surface area contributed by atoms with E-state index in [1.54, 1.807) is 17.4 Å². The Morgan fingerprint density at radius 1 is 0.974 bits per heavy atom. The van der Waals surface area contributed by atoms with Crippen molar-refractivity contribution in [1.29, 1.82) is 0 Å². The van der Waals surface area contributed by atoms with Crippen molar-refractivity contribution in [2.75, 3.05) is 5.32 Å². The monoisotopic (exact) mass is 531 g/mol. The van der Waals surface area contributed by atoms with Crippen LogP contribution in [0.1, 0.15) is 22.4 Å². The van der Waals surface area contributed by atoms with Crippen LogP contribution in [0.25, 0.3) is 27.3 Å². The lowest BCUT2D eigenvalue weighted by Crippen LogP contribution is -2.23. The lowest BCUT2D eigenvalue weighted by atomic mass is 10.0. The number of aryl methyl sites for hydroxylation is 1. The van der Waals surface area contributed by atoms with Crippen LogP contribution in [0.3, 0.4) is 0 Å². The second-order valence-electron chi connectivity index (χ2n) is 9.28. The van der Waals surface area contributed by atoms with Crippen LogP contribution in [0.15, 0.2) is 101 Å². The van der Waals surface area contributed by atoms with Gasteiger partial charge in [0.05, 0.1) is 17.0 Å². The number of thiophene rings is 1. The van der Waals surface area contributed by atoms with E-state index in [1.165, 1.54) is 4.68 Å². The minimum atomic E-state index is -0.234. The predicted molar refractivity (Wildman–Crippen MR) is 156 cm³/mol. The average Bonchev–Trinajstić information content (AvgIpc) is 3.62. The van der Waals surface area contributed by atoms with Gasteiger partial charge in [-0.25, -0.2) is 4.98 Å². The summed E-state index contributed by atoms with van der Waals surface area (Å²) in [5, 5.41) is 11.8. The summed E-state index contributed by atoms with van der Waals surface area (Å²) in [6.45, 7) is 1.82. The largest absolute Gasteiger partial charge is 0.310 e. The van der Waals surface area contributed by atoms with Gasteiger partial charge < -0.3 is 5.32 Å². The second kappa shape index (κ2) is 10.5. The molecule has 7 nitrogen and oxygen atoms in total. The zero-order valence-corrected chi connectivity index (χ0v) is 22.0. The minimum absolute atomic E-state index is 0.190. The number of H-pyrrole nitrogens is 1. The van der Waals surface area contributed by atoms with Crippen LogP contribution in [0.2, 0.25) is 0 Å². The number of nitrogens with one attached hydrogen (secondary N) is 2. The third-order valence-corrected chi connectivity index (χ3v) is 7.51. The molecule has 1 amide bonds. The van der Waals surface area contributed by atoms with Gasteiger partial charge >= 0.3 is 0 Å². The van der Waals surface area contributed by atoms with Crippen LogP contribution in [0.4, 0.5) is 5.82 Å². The molecule has 3 aromatic carbocycles. The summed E-state index contributed by atoms with van der Waals surface area (Å²) in [7, 11) is 0. The number of aromatic nitrogens is 4. The number of anilines is 1. The Labute approximate surface area is 228 Å². The van der Waals surface area contributed by atoms with E-state index in [1.807, 2.05) is 97.2 Å². The molecule has 6 rings (SSSR count). The summed E-state index contributed by atoms with van der Waals surface area (Å²) in [6, 6.07) is 29.5. The molecule has 0 fully saturated rings. The molecule has 6 aromatic rings. The van der Waals surface area contributed by atoms with E-state index >= 15 is 0 Å². The van der Waals surface area contributed by atoms with Crippen LogP contribution in [0, 0.1) is 6.92 Å². The van der Waals surface area contributed by atoms with E-state index in [2.05, 4.69) is 15.3 Å². The SMILES string of the molecule is Cc1nc(-n2nc(-c3cccs3)cc2NC(=O)Cc2cccc3ccccc23)[nH]c(=O)c1Cc1ccccc1. The summed E-state index contributed by atoms with van der Waals surface area (Å²) in [5.41, 5.74) is 3.61. The van der Waals surface area contributed by atoms with E-state index in [0.717, 1.165) is 26.8 Å². The zero-order chi connectivity index (χ0) is 26.8. The zero-order valence-electron chi connectivity index (χ0n) is 21.2. The number of carbonyl (C=O) groups excluding carboxylic acids is 1. The number of fused-ring (bicyclic) bond motifs is 1. The van der Waals surface area contributed by atoms with Gasteiger partial charge in [-0.05, 0) is 40.3 Å². The molecule has 0 radical (unpaired) electrons. The summed E-state index contributed by atoms with van der Waals surface area (Å²) >= 11 is 1.55. The van der Waals surface area contributed by atoms with Gasteiger partial charge in [0, 0.05) is 18.1 Å². The van der Waals surface area contributed by atoms with E-state index in [4.69, 9.17) is 5.10 Å². The molecule has 0 aliphatic heterocycles. The van der Waals surface area contributed by atoms with Crippen LogP contribution >= 0.6 is 11.3 Å². The molecule has 0 unspecified atom stereocenters. The molecule has 0 aliphatic carbocycles. The van der Waals surface area contributed by atoms with Gasteiger partial charge in [-0.3, -0.25) is 14.6 Å². The summed E-state index contributed by atoms with van der Waals surface area (Å²) in [5.74, 6) is 0.490. The highest BCUT2D eigenvalue weighted by Gasteiger charge is 2.18. The second-order valence-corrected chi connectivity index (χ2v) is 10.2. The Hall–Kier alpha value is -4.82. The molecule has 0 bridgehead atoms. The molecule has 0 saturated heterocycles. The van der Waals surface area contributed by atoms with E-state index in [-0.39, 0.29) is 23.8 Å². The molecule has 8 heteroatoms. The predicted octanol–water partition coefficient (Wildman–Crippen LogP) is 5.92. The molecule has 39 heavy (non-hydrogen) atoms. The normalized spacial score (nSPS) is 11.1. The molecule has 0 atom stereocenters. The number of benzene rings is 3. The van der Waals surface area contributed by atoms with Gasteiger partial charge in [0.25, 0.3) is 5.56 Å². The standard InChI is InChI=1S/C31H25N5O2S/c1-20-25(17-21-9-3-2-4-10-21)30(38)34-31(32-20)36-28(19-26(35-36)27-15-8-16-39-27)33-29(37)18-23-13-7-12-22-11-5-6-14-24(22)23/h2-16,19H,17-18H2,1H3,(H,33,37)(H,32,34,38). The highest BCUT2D eigenvalue weighted by Crippen LogP contribution is 2.28. The van der Waals surface area contributed by atoms with Crippen molar-refractivity contribution in [1.82, 2.24) is 19.7 Å². The lowest BCUT2D eigenvalue weighted by molar-refractivity contribution is -0.115. The molecule has 0 saturated carbocycles. The fourth-order valence-electron chi connectivity index (χ4n) is 4.69. The van der Waals surface area contributed by atoms with Crippen LogP contribution in [-0.2, 0) is 17.6 Å². The Bertz CT molecular complexity index is 1830. The Kier molecular flexibility index (Phi) is 6.61. The highest BCUT2D eigenvalue weighted by atomic mass is 32.1. The summed E-state index contributed by atoms with van der Waals surface area (Å²) in [6.07, 6.45) is 0.670. The number of hydrogen-bond donors (Lipinski definition) is 2. The van der Waals surface area contributed by atoms with Crippen LogP contribution in [-0.4, -0.2) is 25.7 Å². The van der Waals surface area contributed by atoms with Crippen molar-refractivity contribution in [2.45, 2.75) is 19.8 Å². The first kappa shape index (κ1) is 24.5. The molecule has 2 N–H and O–H groups in total. The number of nitrogens with zero attached hydrogens (tertiary/aromatic N) is 3. The van der Waals surface area contributed by atoms with Crippen molar-refractivity contribution in [3.8, 4) is 16.5 Å². The molecular formula is C31H25N5O2S. The van der Waals surface area contributed by atoms with Crippen LogP contribution < -0.4 is 10.9 Å². The average molecular weight is 532 g/mol. The first-order chi connectivity index (χ1) is 19.0. The number of aromatic amines is 1. The smallest absolute Gasteiger partial charge is 0.256 e.